The van der Waals surface area contributed by atoms with E-state index in [1.165, 1.54) is 5.56 Å². The molecular weight excluding hydrogens is 418 g/mol. The molecule has 33 heavy (non-hydrogen) atoms. The van der Waals surface area contributed by atoms with Crippen LogP contribution in [0, 0.1) is 0 Å². The molecule has 2 aromatic heterocycles. The third-order valence-corrected chi connectivity index (χ3v) is 6.10. The second-order valence-electron chi connectivity index (χ2n) is 8.71. The third kappa shape index (κ3) is 5.72. The molecule has 0 bridgehead atoms. The van der Waals surface area contributed by atoms with Crippen LogP contribution in [-0.4, -0.2) is 52.2 Å². The lowest BCUT2D eigenvalue weighted by atomic mass is 10.1. The monoisotopic (exact) mass is 453 g/mol. The first kappa shape index (κ1) is 23.3. The van der Waals surface area contributed by atoms with Gasteiger partial charge in [0.05, 0.1) is 19.9 Å². The number of ether oxygens (including phenoxy) is 2. The molecule has 1 atom stereocenters. The molecule has 0 amide bonds. The van der Waals surface area contributed by atoms with Crippen LogP contribution in [0.4, 0.5) is 11.8 Å². The maximum atomic E-state index is 5.95. The molecule has 1 aliphatic rings. The minimum Gasteiger partial charge on any atom is -0.496 e. The standard InChI is InChI=1S/C24H35N7O2/c1-4-5-16(2)28-23-22-20(29-24(25)30-23)14-27-31(22)15-18-7-6-17(12-21(18)32-3)13-26-19-8-10-33-11-9-19/h6-7,12,14,16,19,26H,4-5,8-11,13,15H2,1-3H3,(H3,25,28,29,30)/t16-/m1/s1. The van der Waals surface area contributed by atoms with Crippen molar-refractivity contribution in [1.82, 2.24) is 25.1 Å². The zero-order valence-electron chi connectivity index (χ0n) is 19.8. The van der Waals surface area contributed by atoms with E-state index in [9.17, 15) is 0 Å². The van der Waals surface area contributed by atoms with Crippen LogP contribution in [0.5, 0.6) is 5.75 Å². The minimum atomic E-state index is 0.243. The number of methoxy groups -OCH3 is 1. The van der Waals surface area contributed by atoms with Gasteiger partial charge in [-0.1, -0.05) is 25.5 Å². The van der Waals surface area contributed by atoms with Crippen molar-refractivity contribution in [2.24, 2.45) is 0 Å². The predicted octanol–water partition coefficient (Wildman–Crippen LogP) is 3.33. The average molecular weight is 454 g/mol. The van der Waals surface area contributed by atoms with Crippen LogP contribution in [0.1, 0.15) is 50.7 Å². The van der Waals surface area contributed by atoms with E-state index in [0.29, 0.717) is 18.4 Å². The number of hydrogen-bond donors (Lipinski definition) is 3. The molecule has 0 radical (unpaired) electrons. The van der Waals surface area contributed by atoms with E-state index in [2.05, 4.69) is 57.7 Å². The summed E-state index contributed by atoms with van der Waals surface area (Å²) in [5, 5.41) is 11.7. The van der Waals surface area contributed by atoms with Gasteiger partial charge in [-0.2, -0.15) is 10.1 Å². The van der Waals surface area contributed by atoms with Crippen LogP contribution in [0.3, 0.4) is 0 Å². The molecule has 3 aromatic rings. The van der Waals surface area contributed by atoms with Gasteiger partial charge in [-0.3, -0.25) is 4.68 Å². The van der Waals surface area contributed by atoms with Gasteiger partial charge < -0.3 is 25.8 Å². The van der Waals surface area contributed by atoms with Gasteiger partial charge in [-0.05, 0) is 37.8 Å². The molecule has 178 valence electrons. The van der Waals surface area contributed by atoms with Gasteiger partial charge >= 0.3 is 0 Å². The fraction of sp³-hybridized carbons (Fsp3) is 0.542. The Labute approximate surface area is 195 Å². The molecule has 9 heteroatoms. The summed E-state index contributed by atoms with van der Waals surface area (Å²) in [6.07, 6.45) is 5.98. The van der Waals surface area contributed by atoms with Crippen molar-refractivity contribution in [3.63, 3.8) is 0 Å². The summed E-state index contributed by atoms with van der Waals surface area (Å²) in [5.74, 6) is 1.80. The quantitative estimate of drug-likeness (QED) is 0.429. The van der Waals surface area contributed by atoms with Gasteiger partial charge in [0, 0.05) is 37.4 Å². The number of nitrogen functional groups attached to an aromatic ring is 1. The Morgan fingerprint density at radius 3 is 2.85 bits per heavy atom. The second-order valence-corrected chi connectivity index (χ2v) is 8.71. The highest BCUT2D eigenvalue weighted by Crippen LogP contribution is 2.26. The Balaban J connectivity index is 1.54. The maximum absolute atomic E-state index is 5.95. The summed E-state index contributed by atoms with van der Waals surface area (Å²) in [6, 6.07) is 7.14. The fourth-order valence-electron chi connectivity index (χ4n) is 4.33. The van der Waals surface area contributed by atoms with E-state index in [0.717, 1.165) is 67.8 Å². The van der Waals surface area contributed by atoms with Gasteiger partial charge in [0.2, 0.25) is 5.95 Å². The van der Waals surface area contributed by atoms with E-state index in [-0.39, 0.29) is 12.0 Å². The van der Waals surface area contributed by atoms with E-state index in [1.54, 1.807) is 13.3 Å². The summed E-state index contributed by atoms with van der Waals surface area (Å²) in [4.78, 5) is 8.84. The van der Waals surface area contributed by atoms with Gasteiger partial charge in [-0.15, -0.1) is 0 Å². The van der Waals surface area contributed by atoms with Crippen molar-refractivity contribution >= 4 is 22.8 Å². The first-order valence-corrected chi connectivity index (χ1v) is 11.8. The Hall–Kier alpha value is -2.91. The van der Waals surface area contributed by atoms with E-state index in [1.807, 2.05) is 4.68 Å². The molecule has 1 fully saturated rings. The van der Waals surface area contributed by atoms with Gasteiger partial charge in [0.15, 0.2) is 5.82 Å². The second kappa shape index (κ2) is 10.8. The van der Waals surface area contributed by atoms with Crippen LogP contribution in [0.2, 0.25) is 0 Å². The highest BCUT2D eigenvalue weighted by atomic mass is 16.5. The Morgan fingerprint density at radius 1 is 1.27 bits per heavy atom. The Morgan fingerprint density at radius 2 is 2.09 bits per heavy atom. The minimum absolute atomic E-state index is 0.243. The van der Waals surface area contributed by atoms with Gasteiger partial charge in [0.25, 0.3) is 0 Å². The van der Waals surface area contributed by atoms with Gasteiger partial charge in [0.1, 0.15) is 16.8 Å². The lowest BCUT2D eigenvalue weighted by Crippen LogP contribution is -2.34. The number of aromatic nitrogens is 4. The number of rotatable bonds is 10. The van der Waals surface area contributed by atoms with Crippen molar-refractivity contribution in [1.29, 1.82) is 0 Å². The number of fused-ring (bicyclic) bond motifs is 1. The lowest BCUT2D eigenvalue weighted by Gasteiger charge is -2.23. The van der Waals surface area contributed by atoms with Crippen molar-refractivity contribution in [2.75, 3.05) is 31.4 Å². The smallest absolute Gasteiger partial charge is 0.222 e. The highest BCUT2D eigenvalue weighted by Gasteiger charge is 2.17. The molecule has 4 N–H and O–H groups in total. The van der Waals surface area contributed by atoms with Crippen LogP contribution in [0.15, 0.2) is 24.4 Å². The molecule has 1 saturated heterocycles. The summed E-state index contributed by atoms with van der Waals surface area (Å²) < 4.78 is 13.1. The predicted molar refractivity (Wildman–Crippen MR) is 131 cm³/mol. The summed E-state index contributed by atoms with van der Waals surface area (Å²) in [7, 11) is 1.71. The summed E-state index contributed by atoms with van der Waals surface area (Å²) in [6.45, 7) is 7.33. The average Bonchev–Trinajstić information content (AvgIpc) is 3.21. The highest BCUT2D eigenvalue weighted by molar-refractivity contribution is 5.86. The molecule has 1 aromatic carbocycles. The third-order valence-electron chi connectivity index (χ3n) is 6.10. The fourth-order valence-corrected chi connectivity index (χ4v) is 4.33. The van der Waals surface area contributed by atoms with Crippen LogP contribution in [0.25, 0.3) is 11.0 Å². The topological polar surface area (TPSA) is 112 Å². The normalized spacial score (nSPS) is 15.6. The molecule has 0 aliphatic carbocycles. The SMILES string of the molecule is CCC[C@@H](C)Nc1nc(N)nc2cnn(Cc3ccc(CNC4CCOCC4)cc3OC)c12. The van der Waals surface area contributed by atoms with E-state index < -0.39 is 0 Å². The Kier molecular flexibility index (Phi) is 7.61. The van der Waals surface area contributed by atoms with Crippen LogP contribution < -0.4 is 21.1 Å². The van der Waals surface area contributed by atoms with E-state index >= 15 is 0 Å². The molecule has 4 rings (SSSR count). The van der Waals surface area contributed by atoms with Gasteiger partial charge in [-0.25, -0.2) is 4.98 Å². The molecule has 0 saturated carbocycles. The largest absolute Gasteiger partial charge is 0.496 e. The zero-order chi connectivity index (χ0) is 23.2. The zero-order valence-corrected chi connectivity index (χ0v) is 19.8. The van der Waals surface area contributed by atoms with Crippen molar-refractivity contribution in [2.45, 2.75) is 64.7 Å². The Bertz CT molecular complexity index is 1060. The molecule has 3 heterocycles. The van der Waals surface area contributed by atoms with Crippen molar-refractivity contribution < 1.29 is 9.47 Å². The molecule has 0 unspecified atom stereocenters. The first-order chi connectivity index (χ1) is 16.1. The number of benzene rings is 1. The molecule has 0 spiro atoms. The summed E-state index contributed by atoms with van der Waals surface area (Å²) >= 11 is 0. The van der Waals surface area contributed by atoms with Crippen LogP contribution >= 0.6 is 0 Å². The molecular formula is C24H35N7O2. The maximum Gasteiger partial charge on any atom is 0.222 e. The number of nitrogens with two attached hydrogens (primary N) is 1. The van der Waals surface area contributed by atoms with Crippen molar-refractivity contribution in [3.8, 4) is 5.75 Å². The number of anilines is 2. The van der Waals surface area contributed by atoms with Crippen molar-refractivity contribution in [3.05, 3.63) is 35.5 Å². The van der Waals surface area contributed by atoms with Crippen LogP contribution in [-0.2, 0) is 17.8 Å². The number of hydrogen-bond acceptors (Lipinski definition) is 8. The number of nitrogens with zero attached hydrogens (tertiary/aromatic N) is 4. The molecule has 1 aliphatic heterocycles. The molecule has 9 nitrogen and oxygen atoms in total. The first-order valence-electron chi connectivity index (χ1n) is 11.8. The number of nitrogens with one attached hydrogen (secondary N) is 2. The lowest BCUT2D eigenvalue weighted by molar-refractivity contribution is 0.0776. The summed E-state index contributed by atoms with van der Waals surface area (Å²) in [5.41, 5.74) is 9.76. The van der Waals surface area contributed by atoms with E-state index in [4.69, 9.17) is 15.2 Å².